The summed E-state index contributed by atoms with van der Waals surface area (Å²) in [5, 5.41) is 17.4. The summed E-state index contributed by atoms with van der Waals surface area (Å²) in [6.07, 6.45) is 0. The van der Waals surface area contributed by atoms with E-state index >= 15 is 0 Å². The van der Waals surface area contributed by atoms with Crippen LogP contribution in [0.5, 0.6) is 5.75 Å². The molecule has 0 bridgehead atoms. The molecule has 0 radical (unpaired) electrons. The van der Waals surface area contributed by atoms with Gasteiger partial charge in [-0.2, -0.15) is 5.26 Å². The molecule has 0 spiro atoms. The third kappa shape index (κ3) is 2.80. The number of benzene rings is 1. The van der Waals surface area contributed by atoms with Crippen LogP contribution in [0.25, 0.3) is 0 Å². The lowest BCUT2D eigenvalue weighted by atomic mass is 10.1. The molecule has 6 nitrogen and oxygen atoms in total. The number of aromatic nitrogens is 3. The van der Waals surface area contributed by atoms with Crippen molar-refractivity contribution >= 4 is 17.7 Å². The molecule has 0 aliphatic rings. The zero-order chi connectivity index (χ0) is 13.8. The highest BCUT2D eigenvalue weighted by molar-refractivity contribution is 7.98. The average Bonchev–Trinajstić information content (AvgIpc) is 2.76. The highest BCUT2D eigenvalue weighted by Crippen LogP contribution is 2.25. The van der Waals surface area contributed by atoms with E-state index in [4.69, 9.17) is 15.7 Å². The Bertz CT molecular complexity index is 632. The Hall–Kier alpha value is -2.20. The molecule has 0 fully saturated rings. The van der Waals surface area contributed by atoms with Gasteiger partial charge in [-0.05, 0) is 17.7 Å². The van der Waals surface area contributed by atoms with Crippen LogP contribution in [0.2, 0.25) is 0 Å². The maximum Gasteiger partial charge on any atom is 0.222 e. The van der Waals surface area contributed by atoms with Gasteiger partial charge in [-0.15, -0.1) is 10.2 Å². The van der Waals surface area contributed by atoms with Gasteiger partial charge in [-0.25, -0.2) is 0 Å². The number of ether oxygens (including phenoxy) is 1. The van der Waals surface area contributed by atoms with E-state index in [9.17, 15) is 0 Å². The molecular weight excluding hydrogens is 262 g/mol. The normalized spacial score (nSPS) is 10.2. The zero-order valence-corrected chi connectivity index (χ0v) is 11.4. The van der Waals surface area contributed by atoms with Gasteiger partial charge in [0.1, 0.15) is 11.8 Å². The molecule has 0 saturated carbocycles. The predicted octanol–water partition coefficient (Wildman–Crippen LogP) is 1.57. The smallest absolute Gasteiger partial charge is 0.222 e. The van der Waals surface area contributed by atoms with E-state index in [0.29, 0.717) is 23.0 Å². The Labute approximate surface area is 115 Å². The Morgan fingerprint density at radius 2 is 2.26 bits per heavy atom. The van der Waals surface area contributed by atoms with Gasteiger partial charge in [-0.1, -0.05) is 17.8 Å². The van der Waals surface area contributed by atoms with E-state index in [1.165, 1.54) is 11.8 Å². The topological polar surface area (TPSA) is 89.8 Å². The molecule has 0 aliphatic heterocycles. The molecule has 1 heterocycles. The maximum absolute atomic E-state index is 8.92. The summed E-state index contributed by atoms with van der Waals surface area (Å²) in [7, 11) is 3.37. The summed E-state index contributed by atoms with van der Waals surface area (Å²) in [6, 6.07) is 7.58. The van der Waals surface area contributed by atoms with Gasteiger partial charge in [0.2, 0.25) is 5.95 Å². The van der Waals surface area contributed by atoms with Crippen molar-refractivity contribution in [3.8, 4) is 11.8 Å². The van der Waals surface area contributed by atoms with Crippen molar-refractivity contribution in [2.45, 2.75) is 10.9 Å². The van der Waals surface area contributed by atoms with Gasteiger partial charge in [0.05, 0.1) is 12.7 Å². The quantitative estimate of drug-likeness (QED) is 0.852. The molecule has 1 aromatic heterocycles. The standard InChI is InChI=1S/C12H13N5OS/c1-17-11(14)15-16-12(17)19-7-8-3-4-9(6-13)10(5-8)18-2/h3-5H,7H2,1-2H3,(H2,14,15). The SMILES string of the molecule is COc1cc(CSc2nnc(N)n2C)ccc1C#N. The number of hydrogen-bond acceptors (Lipinski definition) is 6. The van der Waals surface area contributed by atoms with E-state index in [0.717, 1.165) is 10.7 Å². The van der Waals surface area contributed by atoms with Crippen LogP contribution in [0.1, 0.15) is 11.1 Å². The summed E-state index contributed by atoms with van der Waals surface area (Å²) in [6.45, 7) is 0. The monoisotopic (exact) mass is 275 g/mol. The number of thioether (sulfide) groups is 1. The fourth-order valence-electron chi connectivity index (χ4n) is 1.52. The molecule has 0 aliphatic carbocycles. The summed E-state index contributed by atoms with van der Waals surface area (Å²) in [5.41, 5.74) is 7.18. The minimum atomic E-state index is 0.389. The van der Waals surface area contributed by atoms with Crippen LogP contribution >= 0.6 is 11.8 Å². The second-order valence-electron chi connectivity index (χ2n) is 3.83. The van der Waals surface area contributed by atoms with Crippen LogP contribution in [-0.2, 0) is 12.8 Å². The van der Waals surface area contributed by atoms with Gasteiger partial charge >= 0.3 is 0 Å². The number of nitriles is 1. The average molecular weight is 275 g/mol. The van der Waals surface area contributed by atoms with Crippen LogP contribution in [-0.4, -0.2) is 21.9 Å². The molecule has 2 aromatic rings. The number of nitrogen functional groups attached to an aromatic ring is 1. The third-order valence-corrected chi connectivity index (χ3v) is 3.71. The first-order chi connectivity index (χ1) is 9.15. The number of rotatable bonds is 4. The Morgan fingerprint density at radius 3 is 2.84 bits per heavy atom. The molecule has 19 heavy (non-hydrogen) atoms. The Kier molecular flexibility index (Phi) is 3.92. The Balaban J connectivity index is 2.12. The van der Waals surface area contributed by atoms with Gasteiger partial charge in [0.25, 0.3) is 0 Å². The first-order valence-electron chi connectivity index (χ1n) is 5.50. The fraction of sp³-hybridized carbons (Fsp3) is 0.250. The van der Waals surface area contributed by atoms with E-state index < -0.39 is 0 Å². The van der Waals surface area contributed by atoms with Gasteiger partial charge in [-0.3, -0.25) is 4.57 Å². The van der Waals surface area contributed by atoms with Gasteiger partial charge in [0, 0.05) is 12.8 Å². The number of hydrogen-bond donors (Lipinski definition) is 1. The van der Waals surface area contributed by atoms with Crippen molar-refractivity contribution in [2.75, 3.05) is 12.8 Å². The minimum Gasteiger partial charge on any atom is -0.495 e. The van der Waals surface area contributed by atoms with E-state index in [2.05, 4.69) is 16.3 Å². The molecule has 1 aromatic carbocycles. The molecule has 2 rings (SSSR count). The van der Waals surface area contributed by atoms with Crippen molar-refractivity contribution in [1.82, 2.24) is 14.8 Å². The van der Waals surface area contributed by atoms with E-state index in [1.54, 1.807) is 17.7 Å². The number of methoxy groups -OCH3 is 1. The summed E-state index contributed by atoms with van der Waals surface area (Å²) in [4.78, 5) is 0. The van der Waals surface area contributed by atoms with Crippen LogP contribution in [0, 0.1) is 11.3 Å². The largest absolute Gasteiger partial charge is 0.495 e. The first-order valence-corrected chi connectivity index (χ1v) is 6.49. The lowest BCUT2D eigenvalue weighted by Crippen LogP contribution is -1.98. The number of nitrogens with two attached hydrogens (primary N) is 1. The lowest BCUT2D eigenvalue weighted by Gasteiger charge is -2.06. The third-order valence-electron chi connectivity index (χ3n) is 2.62. The second kappa shape index (κ2) is 5.63. The minimum absolute atomic E-state index is 0.389. The summed E-state index contributed by atoms with van der Waals surface area (Å²) >= 11 is 1.52. The van der Waals surface area contributed by atoms with Crippen molar-refractivity contribution in [3.05, 3.63) is 29.3 Å². The van der Waals surface area contributed by atoms with Crippen molar-refractivity contribution in [1.29, 1.82) is 5.26 Å². The van der Waals surface area contributed by atoms with Gasteiger partial charge in [0.15, 0.2) is 5.16 Å². The molecule has 0 unspecified atom stereocenters. The van der Waals surface area contributed by atoms with Crippen molar-refractivity contribution in [2.24, 2.45) is 7.05 Å². The molecule has 2 N–H and O–H groups in total. The second-order valence-corrected chi connectivity index (χ2v) is 4.78. The van der Waals surface area contributed by atoms with Crippen LogP contribution in [0.3, 0.4) is 0 Å². The molecule has 7 heteroatoms. The van der Waals surface area contributed by atoms with Crippen LogP contribution in [0.15, 0.2) is 23.4 Å². The van der Waals surface area contributed by atoms with Crippen LogP contribution < -0.4 is 10.5 Å². The zero-order valence-electron chi connectivity index (χ0n) is 10.6. The highest BCUT2D eigenvalue weighted by atomic mass is 32.2. The van der Waals surface area contributed by atoms with Gasteiger partial charge < -0.3 is 10.5 Å². The summed E-state index contributed by atoms with van der Waals surface area (Å²) < 4.78 is 6.90. The van der Waals surface area contributed by atoms with Crippen molar-refractivity contribution in [3.63, 3.8) is 0 Å². The summed E-state index contributed by atoms with van der Waals surface area (Å²) in [5.74, 6) is 1.67. The number of anilines is 1. The molecule has 98 valence electrons. The van der Waals surface area contributed by atoms with E-state index in [-0.39, 0.29) is 0 Å². The van der Waals surface area contributed by atoms with Crippen molar-refractivity contribution < 1.29 is 4.74 Å². The molecule has 0 atom stereocenters. The van der Waals surface area contributed by atoms with E-state index in [1.807, 2.05) is 19.2 Å². The Morgan fingerprint density at radius 1 is 1.47 bits per heavy atom. The lowest BCUT2D eigenvalue weighted by molar-refractivity contribution is 0.413. The van der Waals surface area contributed by atoms with Crippen LogP contribution in [0.4, 0.5) is 5.95 Å². The maximum atomic E-state index is 8.92. The predicted molar refractivity (Wildman–Crippen MR) is 72.7 cm³/mol. The first kappa shape index (κ1) is 13.2. The molecule has 0 saturated heterocycles. The highest BCUT2D eigenvalue weighted by Gasteiger charge is 2.08. The fourth-order valence-corrected chi connectivity index (χ4v) is 2.38. The molecular formula is C12H13N5OS. The number of nitrogens with zero attached hydrogens (tertiary/aromatic N) is 4. The molecule has 0 amide bonds.